The van der Waals surface area contributed by atoms with Gasteiger partial charge in [0, 0.05) is 30.7 Å². The van der Waals surface area contributed by atoms with Crippen LogP contribution in [0.15, 0.2) is 79.6 Å². The summed E-state index contributed by atoms with van der Waals surface area (Å²) in [6.45, 7) is 11.3. The van der Waals surface area contributed by atoms with Crippen molar-refractivity contribution in [2.75, 3.05) is 23.5 Å². The van der Waals surface area contributed by atoms with E-state index in [1.54, 1.807) is 88.0 Å². The number of methoxy groups -OCH3 is 1. The van der Waals surface area contributed by atoms with Crippen molar-refractivity contribution in [1.29, 1.82) is 0 Å². The molecule has 0 aliphatic carbocycles. The summed E-state index contributed by atoms with van der Waals surface area (Å²) >= 11 is 0. The van der Waals surface area contributed by atoms with Crippen molar-refractivity contribution < 1.29 is 23.8 Å². The molecule has 11 nitrogen and oxygen atoms in total. The predicted octanol–water partition coefficient (Wildman–Crippen LogP) is 7.39. The van der Waals surface area contributed by atoms with Crippen LogP contribution < -0.4 is 14.5 Å². The molecule has 0 saturated heterocycles. The topological polar surface area (TPSA) is 120 Å². The molecule has 236 valence electrons. The van der Waals surface area contributed by atoms with Gasteiger partial charge in [-0.1, -0.05) is 0 Å². The Morgan fingerprint density at radius 1 is 0.756 bits per heavy atom. The van der Waals surface area contributed by atoms with Crippen LogP contribution in [0, 0.1) is 0 Å². The highest BCUT2D eigenvalue weighted by Gasteiger charge is 2.27. The van der Waals surface area contributed by atoms with Gasteiger partial charge in [0.05, 0.1) is 42.8 Å². The van der Waals surface area contributed by atoms with Gasteiger partial charge in [-0.2, -0.15) is 0 Å². The molecule has 0 aliphatic rings. The molecular weight excluding hydrogens is 572 g/mol. The zero-order chi connectivity index (χ0) is 32.6. The summed E-state index contributed by atoms with van der Waals surface area (Å²) in [6, 6.07) is 12.7. The van der Waals surface area contributed by atoms with Crippen molar-refractivity contribution in [3.05, 3.63) is 85.2 Å². The SMILES string of the molecule is COc1ccc(N(C(=O)OC(C)(C)C)c2cncc(-c3cncc(N(CCCc4ccncc4)C(=O)OC(C)(C)C)c3)n2)cc1. The zero-order valence-electron chi connectivity index (χ0n) is 26.9. The fourth-order valence-electron chi connectivity index (χ4n) is 4.32. The lowest BCUT2D eigenvalue weighted by Crippen LogP contribution is -2.37. The van der Waals surface area contributed by atoms with E-state index in [4.69, 9.17) is 19.2 Å². The second-order valence-corrected chi connectivity index (χ2v) is 12.3. The predicted molar refractivity (Wildman–Crippen MR) is 173 cm³/mol. The van der Waals surface area contributed by atoms with Gasteiger partial charge >= 0.3 is 12.2 Å². The molecular formula is C34H40N6O5. The number of pyridine rings is 2. The minimum atomic E-state index is -0.742. The van der Waals surface area contributed by atoms with Crippen molar-refractivity contribution in [2.24, 2.45) is 0 Å². The molecule has 0 unspecified atom stereocenters. The molecule has 3 aromatic heterocycles. The minimum Gasteiger partial charge on any atom is -0.497 e. The number of carbonyl (C=O) groups is 2. The van der Waals surface area contributed by atoms with Crippen LogP contribution in [0.1, 0.15) is 53.5 Å². The standard InChI is InChI=1S/C34H40N6O5/c1-33(2,3)44-31(41)39(18-8-9-24-14-16-35-17-15-24)27-19-25(20-36-21-27)29-22-37-23-30(38-29)40(32(42)45-34(4,5)6)26-10-12-28(43-7)13-11-26/h10-17,19-23H,8-9,18H2,1-7H3. The van der Waals surface area contributed by atoms with Gasteiger partial charge in [-0.15, -0.1) is 0 Å². The lowest BCUT2D eigenvalue weighted by Gasteiger charge is -2.28. The van der Waals surface area contributed by atoms with Crippen molar-refractivity contribution in [2.45, 2.75) is 65.6 Å². The highest BCUT2D eigenvalue weighted by atomic mass is 16.6. The molecule has 11 heteroatoms. The van der Waals surface area contributed by atoms with Gasteiger partial charge in [-0.25, -0.2) is 19.5 Å². The average Bonchev–Trinajstić information content (AvgIpc) is 2.99. The molecule has 0 aliphatic heterocycles. The van der Waals surface area contributed by atoms with E-state index >= 15 is 0 Å². The molecule has 4 aromatic rings. The summed E-state index contributed by atoms with van der Waals surface area (Å²) < 4.78 is 16.7. The monoisotopic (exact) mass is 612 g/mol. The third kappa shape index (κ3) is 9.46. The maximum absolute atomic E-state index is 13.4. The number of hydrogen-bond donors (Lipinski definition) is 0. The van der Waals surface area contributed by atoms with Gasteiger partial charge in [-0.05, 0) is 102 Å². The summed E-state index contributed by atoms with van der Waals surface area (Å²) in [7, 11) is 1.57. The van der Waals surface area contributed by atoms with Crippen LogP contribution in [0.3, 0.4) is 0 Å². The molecule has 0 radical (unpaired) electrons. The first-order chi connectivity index (χ1) is 21.3. The van der Waals surface area contributed by atoms with Crippen molar-refractivity contribution in [3.8, 4) is 17.0 Å². The van der Waals surface area contributed by atoms with Crippen LogP contribution in [0.5, 0.6) is 5.75 Å². The Balaban J connectivity index is 1.67. The van der Waals surface area contributed by atoms with Gasteiger partial charge in [0.15, 0.2) is 5.82 Å². The van der Waals surface area contributed by atoms with Gasteiger partial charge in [0.1, 0.15) is 17.0 Å². The first kappa shape index (κ1) is 32.8. The van der Waals surface area contributed by atoms with Gasteiger partial charge in [0.25, 0.3) is 0 Å². The first-order valence-corrected chi connectivity index (χ1v) is 14.7. The molecule has 0 fully saturated rings. The molecule has 1 aromatic carbocycles. The summed E-state index contributed by atoms with van der Waals surface area (Å²) in [5.74, 6) is 0.889. The van der Waals surface area contributed by atoms with Crippen LogP contribution in [-0.4, -0.2) is 57.0 Å². The number of nitrogens with zero attached hydrogens (tertiary/aromatic N) is 6. The number of aromatic nitrogens is 4. The third-order valence-electron chi connectivity index (χ3n) is 6.30. The van der Waals surface area contributed by atoms with E-state index in [1.807, 2.05) is 39.0 Å². The van der Waals surface area contributed by atoms with Gasteiger partial charge < -0.3 is 14.2 Å². The number of benzene rings is 1. The number of hydrogen-bond acceptors (Lipinski definition) is 9. The van der Waals surface area contributed by atoms with Crippen LogP contribution in [0.2, 0.25) is 0 Å². The first-order valence-electron chi connectivity index (χ1n) is 14.7. The Labute approximate surface area is 264 Å². The van der Waals surface area contributed by atoms with Crippen molar-refractivity contribution in [3.63, 3.8) is 0 Å². The minimum absolute atomic E-state index is 0.249. The zero-order valence-corrected chi connectivity index (χ0v) is 26.9. The number of aryl methyl sites for hydroxylation is 1. The number of rotatable bonds is 9. The summed E-state index contributed by atoms with van der Waals surface area (Å²) in [4.78, 5) is 47.4. The molecule has 0 spiro atoms. The number of carbonyl (C=O) groups excluding carboxylic acids is 2. The van der Waals surface area contributed by atoms with E-state index in [0.717, 1.165) is 12.0 Å². The Hall–Kier alpha value is -5.06. The lowest BCUT2D eigenvalue weighted by atomic mass is 10.1. The quantitative estimate of drug-likeness (QED) is 0.190. The van der Waals surface area contributed by atoms with Crippen LogP contribution in [0.4, 0.5) is 26.8 Å². The highest BCUT2D eigenvalue weighted by Crippen LogP contribution is 2.30. The molecule has 0 bridgehead atoms. The fourth-order valence-corrected chi connectivity index (χ4v) is 4.32. The van der Waals surface area contributed by atoms with E-state index < -0.39 is 23.4 Å². The van der Waals surface area contributed by atoms with Crippen LogP contribution in [-0.2, 0) is 15.9 Å². The Kier molecular flexibility index (Phi) is 10.3. The summed E-state index contributed by atoms with van der Waals surface area (Å²) in [6.07, 6.45) is 10.2. The normalized spacial score (nSPS) is 11.4. The van der Waals surface area contributed by atoms with Crippen molar-refractivity contribution >= 4 is 29.4 Å². The highest BCUT2D eigenvalue weighted by molar-refractivity contribution is 5.95. The molecule has 2 amide bonds. The van der Waals surface area contributed by atoms with E-state index in [-0.39, 0.29) is 5.82 Å². The van der Waals surface area contributed by atoms with Gasteiger partial charge in [0.2, 0.25) is 0 Å². The van der Waals surface area contributed by atoms with E-state index in [2.05, 4.69) is 15.0 Å². The van der Waals surface area contributed by atoms with Crippen LogP contribution in [0.25, 0.3) is 11.3 Å². The molecule has 4 rings (SSSR count). The van der Waals surface area contributed by atoms with Crippen molar-refractivity contribution in [1.82, 2.24) is 19.9 Å². The van der Waals surface area contributed by atoms with E-state index in [1.165, 1.54) is 11.1 Å². The van der Waals surface area contributed by atoms with Gasteiger partial charge in [-0.3, -0.25) is 19.9 Å². The molecule has 0 saturated carbocycles. The summed E-state index contributed by atoms with van der Waals surface area (Å²) in [5.41, 5.74) is 1.81. The Morgan fingerprint density at radius 3 is 2.04 bits per heavy atom. The van der Waals surface area contributed by atoms with E-state index in [0.29, 0.717) is 41.3 Å². The molecule has 0 N–H and O–H groups in total. The lowest BCUT2D eigenvalue weighted by molar-refractivity contribution is 0.0574. The number of anilines is 3. The fraction of sp³-hybridized carbons (Fsp3) is 0.353. The summed E-state index contributed by atoms with van der Waals surface area (Å²) in [5, 5.41) is 0. The molecule has 45 heavy (non-hydrogen) atoms. The van der Waals surface area contributed by atoms with Crippen LogP contribution >= 0.6 is 0 Å². The number of ether oxygens (including phenoxy) is 3. The average molecular weight is 613 g/mol. The molecule has 0 atom stereocenters. The second kappa shape index (κ2) is 14.1. The maximum atomic E-state index is 13.4. The Morgan fingerprint density at radius 2 is 1.40 bits per heavy atom. The maximum Gasteiger partial charge on any atom is 0.420 e. The number of amides is 2. The largest absolute Gasteiger partial charge is 0.497 e. The van der Waals surface area contributed by atoms with E-state index in [9.17, 15) is 9.59 Å². The second-order valence-electron chi connectivity index (χ2n) is 12.3. The molecule has 3 heterocycles. The Bertz CT molecular complexity index is 1580. The third-order valence-corrected chi connectivity index (χ3v) is 6.30. The smallest absolute Gasteiger partial charge is 0.420 e.